The van der Waals surface area contributed by atoms with Crippen LogP contribution in [0.15, 0.2) is 48.8 Å². The van der Waals surface area contributed by atoms with Gasteiger partial charge in [0.25, 0.3) is 0 Å². The number of rotatable bonds is 2. The molecule has 0 N–H and O–H groups in total. The quantitative estimate of drug-likeness (QED) is 0.776. The molecule has 1 atom stereocenters. The Labute approximate surface area is 111 Å². The van der Waals surface area contributed by atoms with Crippen LogP contribution in [0.5, 0.6) is 0 Å². The number of halogens is 2. The molecule has 0 saturated carbocycles. The van der Waals surface area contributed by atoms with Gasteiger partial charge in [0.05, 0.1) is 17.0 Å². The molecule has 1 aromatic carbocycles. The summed E-state index contributed by atoms with van der Waals surface area (Å²) in [5.74, 6) is 0. The molecule has 1 aromatic heterocycles. The molecular formula is C13H10Cl2N2. The predicted molar refractivity (Wildman–Crippen MR) is 70.3 cm³/mol. The Morgan fingerprint density at radius 1 is 1.12 bits per heavy atom. The van der Waals surface area contributed by atoms with E-state index in [1.54, 1.807) is 24.5 Å². The zero-order chi connectivity index (χ0) is 11.4. The molecule has 0 spiro atoms. The molecule has 2 nitrogen and oxygen atoms in total. The molecule has 1 heterocycles. The zero-order valence-corrected chi connectivity index (χ0v) is 10.4. The Morgan fingerprint density at radius 2 is 1.82 bits per heavy atom. The largest absolute Gasteiger partial charge is 0.264 e. The molecule has 0 bridgehead atoms. The van der Waals surface area contributed by atoms with Gasteiger partial charge >= 0.3 is 0 Å². The Kier molecular flexibility index (Phi) is 4.96. The van der Waals surface area contributed by atoms with Crippen LogP contribution in [0.4, 0.5) is 0 Å². The van der Waals surface area contributed by atoms with Crippen LogP contribution in [-0.2, 0) is 0 Å². The van der Waals surface area contributed by atoms with Gasteiger partial charge < -0.3 is 0 Å². The molecule has 0 aliphatic carbocycles. The second kappa shape index (κ2) is 6.24. The summed E-state index contributed by atoms with van der Waals surface area (Å²) in [7, 11) is 0. The minimum atomic E-state index is -0.221. The molecular weight excluding hydrogens is 255 g/mol. The summed E-state index contributed by atoms with van der Waals surface area (Å²) >= 11 is 6.30. The minimum absolute atomic E-state index is 0. The van der Waals surface area contributed by atoms with E-state index in [1.165, 1.54) is 0 Å². The fourth-order valence-electron chi connectivity index (χ4n) is 1.44. The molecule has 0 aliphatic rings. The van der Waals surface area contributed by atoms with Crippen LogP contribution in [0.3, 0.4) is 0 Å². The van der Waals surface area contributed by atoms with E-state index in [2.05, 4.69) is 11.1 Å². The lowest BCUT2D eigenvalue weighted by Crippen LogP contribution is -1.93. The Hall–Kier alpha value is -1.56. The van der Waals surface area contributed by atoms with Gasteiger partial charge in [-0.05, 0) is 29.3 Å². The predicted octanol–water partition coefficient (Wildman–Crippen LogP) is 3.70. The van der Waals surface area contributed by atoms with Crippen LogP contribution in [0.1, 0.15) is 22.1 Å². The van der Waals surface area contributed by atoms with Crippen molar-refractivity contribution in [2.24, 2.45) is 0 Å². The van der Waals surface area contributed by atoms with Crippen LogP contribution in [0, 0.1) is 11.3 Å². The number of benzene rings is 1. The number of hydrogen-bond donors (Lipinski definition) is 0. The van der Waals surface area contributed by atoms with Crippen molar-refractivity contribution in [3.05, 3.63) is 65.5 Å². The van der Waals surface area contributed by atoms with Crippen LogP contribution in [-0.4, -0.2) is 4.98 Å². The number of nitriles is 1. The number of hydrogen-bond acceptors (Lipinski definition) is 2. The number of alkyl halides is 1. The second-order valence-electron chi connectivity index (χ2n) is 3.38. The fraction of sp³-hybridized carbons (Fsp3) is 0.0769. The molecule has 2 aromatic rings. The lowest BCUT2D eigenvalue weighted by Gasteiger charge is -2.09. The first-order valence-electron chi connectivity index (χ1n) is 4.85. The SMILES string of the molecule is Cl.N#Cc1ccc(C(Cl)c2cccnc2)cc1. The summed E-state index contributed by atoms with van der Waals surface area (Å²) in [4.78, 5) is 4.03. The summed E-state index contributed by atoms with van der Waals surface area (Å²) in [6.45, 7) is 0. The molecule has 86 valence electrons. The highest BCUT2D eigenvalue weighted by Gasteiger charge is 2.10. The highest BCUT2D eigenvalue weighted by molar-refractivity contribution is 6.22. The van der Waals surface area contributed by atoms with Crippen molar-refractivity contribution in [3.63, 3.8) is 0 Å². The average molecular weight is 265 g/mol. The third-order valence-corrected chi connectivity index (χ3v) is 2.81. The maximum absolute atomic E-state index is 8.69. The van der Waals surface area contributed by atoms with E-state index < -0.39 is 0 Å². The van der Waals surface area contributed by atoms with E-state index in [-0.39, 0.29) is 17.8 Å². The van der Waals surface area contributed by atoms with Crippen molar-refractivity contribution in [2.75, 3.05) is 0 Å². The molecule has 0 amide bonds. The first-order valence-corrected chi connectivity index (χ1v) is 5.29. The molecule has 1 unspecified atom stereocenters. The molecule has 17 heavy (non-hydrogen) atoms. The maximum atomic E-state index is 8.69. The van der Waals surface area contributed by atoms with Gasteiger partial charge in [0, 0.05) is 12.4 Å². The van der Waals surface area contributed by atoms with E-state index in [0.29, 0.717) is 5.56 Å². The molecule has 0 saturated heterocycles. The normalized spacial score (nSPS) is 11.1. The zero-order valence-electron chi connectivity index (χ0n) is 8.88. The Bertz CT molecular complexity index is 503. The average Bonchev–Trinajstić information content (AvgIpc) is 2.39. The first kappa shape index (κ1) is 13.5. The van der Waals surface area contributed by atoms with Crippen molar-refractivity contribution in [1.82, 2.24) is 4.98 Å². The Morgan fingerprint density at radius 3 is 2.35 bits per heavy atom. The third kappa shape index (κ3) is 3.20. The van der Waals surface area contributed by atoms with Crippen LogP contribution in [0.25, 0.3) is 0 Å². The van der Waals surface area contributed by atoms with E-state index in [9.17, 15) is 0 Å². The standard InChI is InChI=1S/C13H9ClN2.ClH/c14-13(12-2-1-7-16-9-12)11-5-3-10(8-15)4-6-11;/h1-7,9,13H;1H. The van der Waals surface area contributed by atoms with E-state index in [4.69, 9.17) is 16.9 Å². The summed E-state index contributed by atoms with van der Waals surface area (Å²) < 4.78 is 0. The van der Waals surface area contributed by atoms with E-state index in [0.717, 1.165) is 11.1 Å². The first-order chi connectivity index (χ1) is 7.81. The van der Waals surface area contributed by atoms with Crippen LogP contribution < -0.4 is 0 Å². The fourth-order valence-corrected chi connectivity index (χ4v) is 1.72. The molecule has 0 radical (unpaired) electrons. The van der Waals surface area contributed by atoms with Gasteiger partial charge in [-0.15, -0.1) is 24.0 Å². The molecule has 4 heteroatoms. The van der Waals surface area contributed by atoms with Crippen molar-refractivity contribution in [3.8, 4) is 6.07 Å². The van der Waals surface area contributed by atoms with Crippen LogP contribution in [0.2, 0.25) is 0 Å². The third-order valence-electron chi connectivity index (χ3n) is 2.31. The second-order valence-corrected chi connectivity index (χ2v) is 3.82. The highest BCUT2D eigenvalue weighted by atomic mass is 35.5. The summed E-state index contributed by atoms with van der Waals surface area (Å²) in [5, 5.41) is 8.47. The van der Waals surface area contributed by atoms with Crippen LogP contribution >= 0.6 is 24.0 Å². The van der Waals surface area contributed by atoms with Gasteiger partial charge in [0.15, 0.2) is 0 Å². The summed E-state index contributed by atoms with van der Waals surface area (Å²) in [6, 6.07) is 13.1. The lowest BCUT2D eigenvalue weighted by molar-refractivity contribution is 1.10. The molecule has 0 aliphatic heterocycles. The van der Waals surface area contributed by atoms with Crippen molar-refractivity contribution in [1.29, 1.82) is 5.26 Å². The van der Waals surface area contributed by atoms with Crippen molar-refractivity contribution in [2.45, 2.75) is 5.38 Å². The number of nitrogens with zero attached hydrogens (tertiary/aromatic N) is 2. The van der Waals surface area contributed by atoms with Gasteiger partial charge in [-0.25, -0.2) is 0 Å². The number of pyridine rings is 1. The number of aromatic nitrogens is 1. The molecule has 2 rings (SSSR count). The van der Waals surface area contributed by atoms with Gasteiger partial charge in [-0.3, -0.25) is 4.98 Å². The van der Waals surface area contributed by atoms with E-state index >= 15 is 0 Å². The lowest BCUT2D eigenvalue weighted by atomic mass is 10.0. The summed E-state index contributed by atoms with van der Waals surface area (Å²) in [6.07, 6.45) is 3.46. The van der Waals surface area contributed by atoms with Gasteiger partial charge in [0.2, 0.25) is 0 Å². The summed E-state index contributed by atoms with van der Waals surface area (Å²) in [5.41, 5.74) is 2.56. The molecule has 0 fully saturated rings. The van der Waals surface area contributed by atoms with E-state index in [1.807, 2.05) is 24.3 Å². The highest BCUT2D eigenvalue weighted by Crippen LogP contribution is 2.27. The smallest absolute Gasteiger partial charge is 0.0991 e. The van der Waals surface area contributed by atoms with Gasteiger partial charge in [0.1, 0.15) is 0 Å². The maximum Gasteiger partial charge on any atom is 0.0991 e. The van der Waals surface area contributed by atoms with Gasteiger partial charge in [-0.1, -0.05) is 18.2 Å². The Balaban J connectivity index is 0.00000144. The van der Waals surface area contributed by atoms with Crippen molar-refractivity contribution >= 4 is 24.0 Å². The monoisotopic (exact) mass is 264 g/mol. The van der Waals surface area contributed by atoms with Gasteiger partial charge in [-0.2, -0.15) is 5.26 Å². The minimum Gasteiger partial charge on any atom is -0.264 e. The van der Waals surface area contributed by atoms with Crippen molar-refractivity contribution < 1.29 is 0 Å². The topological polar surface area (TPSA) is 36.7 Å².